The van der Waals surface area contributed by atoms with Crippen molar-refractivity contribution in [2.45, 2.75) is 26.4 Å². The fourth-order valence-electron chi connectivity index (χ4n) is 4.53. The molecule has 1 N–H and O–H groups in total. The summed E-state index contributed by atoms with van der Waals surface area (Å²) in [5, 5.41) is 7.02. The van der Waals surface area contributed by atoms with Gasteiger partial charge in [-0.15, -0.1) is 0 Å². The van der Waals surface area contributed by atoms with Gasteiger partial charge >= 0.3 is 0 Å². The Labute approximate surface area is 193 Å². The summed E-state index contributed by atoms with van der Waals surface area (Å²) in [4.78, 5) is 27.8. The van der Waals surface area contributed by atoms with E-state index in [-0.39, 0.29) is 11.8 Å². The van der Waals surface area contributed by atoms with Crippen LogP contribution < -0.4 is 5.32 Å². The number of nitrogens with one attached hydrogen (secondary N) is 1. The summed E-state index contributed by atoms with van der Waals surface area (Å²) in [7, 11) is 3.27. The number of amides is 2. The molecule has 0 unspecified atom stereocenters. The molecular weight excluding hydrogens is 418 g/mol. The summed E-state index contributed by atoms with van der Waals surface area (Å²) >= 11 is 0. The summed E-state index contributed by atoms with van der Waals surface area (Å²) in [5.74, 6) is 0.458. The molecule has 0 saturated carbocycles. The first-order valence-corrected chi connectivity index (χ1v) is 11.1. The topological polar surface area (TPSA) is 84.7 Å². The number of aryl methyl sites for hydroxylation is 1. The quantitative estimate of drug-likeness (QED) is 0.598. The van der Waals surface area contributed by atoms with E-state index in [1.54, 1.807) is 19.1 Å². The number of likely N-dealkylation sites (tertiary alicyclic amines) is 1. The maximum Gasteiger partial charge on any atom is 0.253 e. The minimum atomic E-state index is -0.761. The number of carbonyl (C=O) groups excluding carboxylic acids is 2. The van der Waals surface area contributed by atoms with E-state index in [1.165, 1.54) is 0 Å². The third-order valence-electron chi connectivity index (χ3n) is 6.35. The van der Waals surface area contributed by atoms with Crippen LogP contribution in [-0.2, 0) is 22.6 Å². The highest BCUT2D eigenvalue weighted by Gasteiger charge is 2.46. The second kappa shape index (κ2) is 9.58. The van der Waals surface area contributed by atoms with Gasteiger partial charge < -0.3 is 19.5 Å². The van der Waals surface area contributed by atoms with Gasteiger partial charge in [-0.2, -0.15) is 0 Å². The molecule has 2 aromatic carbocycles. The second-order valence-corrected chi connectivity index (χ2v) is 8.64. The Kier molecular flexibility index (Phi) is 6.60. The van der Waals surface area contributed by atoms with Crippen LogP contribution in [0.4, 0.5) is 0 Å². The van der Waals surface area contributed by atoms with E-state index in [0.717, 1.165) is 22.4 Å². The zero-order valence-electron chi connectivity index (χ0n) is 19.3. The molecule has 1 saturated heterocycles. The van der Waals surface area contributed by atoms with E-state index in [0.29, 0.717) is 43.9 Å². The Bertz CT molecular complexity index is 1140. The van der Waals surface area contributed by atoms with Crippen molar-refractivity contribution in [2.24, 2.45) is 5.41 Å². The van der Waals surface area contributed by atoms with Gasteiger partial charge in [-0.3, -0.25) is 9.59 Å². The van der Waals surface area contributed by atoms with Gasteiger partial charge in [-0.05, 0) is 36.6 Å². The third-order valence-corrected chi connectivity index (χ3v) is 6.35. The van der Waals surface area contributed by atoms with Gasteiger partial charge in [0, 0.05) is 50.9 Å². The number of nitrogens with zero attached hydrogens (tertiary/aromatic N) is 2. The first-order valence-electron chi connectivity index (χ1n) is 11.1. The number of methoxy groups -OCH3 is 1. The zero-order chi connectivity index (χ0) is 23.4. The Morgan fingerprint density at radius 1 is 1.18 bits per heavy atom. The zero-order valence-corrected chi connectivity index (χ0v) is 19.3. The molecule has 1 aliphatic heterocycles. The SMILES string of the molecule is CNC(=O)[C@@]1(Cc2cc(-c3ccccc3C)no2)CCN(C(=O)c2ccc(COC)cc2)C1. The molecule has 7 heteroatoms. The average Bonchev–Trinajstić information content (AvgIpc) is 3.47. The predicted molar refractivity (Wildman–Crippen MR) is 125 cm³/mol. The molecule has 1 aromatic heterocycles. The van der Waals surface area contributed by atoms with Gasteiger partial charge in [0.25, 0.3) is 5.91 Å². The number of benzene rings is 2. The Morgan fingerprint density at radius 2 is 1.94 bits per heavy atom. The number of ether oxygens (including phenoxy) is 1. The maximum atomic E-state index is 13.1. The summed E-state index contributed by atoms with van der Waals surface area (Å²) in [6.07, 6.45) is 0.933. The molecule has 1 fully saturated rings. The Balaban J connectivity index is 1.52. The highest BCUT2D eigenvalue weighted by Crippen LogP contribution is 2.36. The lowest BCUT2D eigenvalue weighted by Crippen LogP contribution is -2.44. The van der Waals surface area contributed by atoms with Crippen molar-refractivity contribution in [1.29, 1.82) is 0 Å². The van der Waals surface area contributed by atoms with Crippen LogP contribution >= 0.6 is 0 Å². The van der Waals surface area contributed by atoms with Gasteiger partial charge in [0.2, 0.25) is 5.91 Å². The minimum Gasteiger partial charge on any atom is -0.380 e. The van der Waals surface area contributed by atoms with Crippen LogP contribution in [0.25, 0.3) is 11.3 Å². The van der Waals surface area contributed by atoms with E-state index in [2.05, 4.69) is 10.5 Å². The van der Waals surface area contributed by atoms with Gasteiger partial charge in [0.05, 0.1) is 12.0 Å². The van der Waals surface area contributed by atoms with Crippen LogP contribution in [0.3, 0.4) is 0 Å². The molecule has 172 valence electrons. The van der Waals surface area contributed by atoms with Crippen LogP contribution in [-0.4, -0.2) is 49.1 Å². The number of carbonyl (C=O) groups is 2. The lowest BCUT2D eigenvalue weighted by atomic mass is 9.81. The molecule has 3 aromatic rings. The van der Waals surface area contributed by atoms with E-state index < -0.39 is 5.41 Å². The van der Waals surface area contributed by atoms with Crippen molar-refractivity contribution < 1.29 is 18.8 Å². The minimum absolute atomic E-state index is 0.0806. The first-order chi connectivity index (χ1) is 16.0. The monoisotopic (exact) mass is 447 g/mol. The first kappa shape index (κ1) is 22.7. The predicted octanol–water partition coefficient (Wildman–Crippen LogP) is 3.62. The molecule has 1 atom stereocenters. The van der Waals surface area contributed by atoms with Crippen LogP contribution in [0.15, 0.2) is 59.1 Å². The summed E-state index contributed by atoms with van der Waals surface area (Å²) in [6.45, 7) is 3.36. The molecule has 0 spiro atoms. The van der Waals surface area contributed by atoms with Crippen molar-refractivity contribution in [2.75, 3.05) is 27.2 Å². The summed E-state index contributed by atoms with van der Waals surface area (Å²) in [6, 6.07) is 17.3. The van der Waals surface area contributed by atoms with Gasteiger partial charge in [-0.1, -0.05) is 41.6 Å². The van der Waals surface area contributed by atoms with Gasteiger partial charge in [0.1, 0.15) is 11.5 Å². The van der Waals surface area contributed by atoms with Crippen molar-refractivity contribution >= 4 is 11.8 Å². The largest absolute Gasteiger partial charge is 0.380 e. The van der Waals surface area contributed by atoms with Crippen molar-refractivity contribution in [3.63, 3.8) is 0 Å². The van der Waals surface area contributed by atoms with Gasteiger partial charge in [-0.25, -0.2) is 0 Å². The van der Waals surface area contributed by atoms with Crippen LogP contribution in [0.2, 0.25) is 0 Å². The number of aromatic nitrogens is 1. The number of rotatable bonds is 7. The second-order valence-electron chi connectivity index (χ2n) is 8.64. The summed E-state index contributed by atoms with van der Waals surface area (Å²) < 4.78 is 10.8. The lowest BCUT2D eigenvalue weighted by molar-refractivity contribution is -0.130. The number of hydrogen-bond donors (Lipinski definition) is 1. The Morgan fingerprint density at radius 3 is 2.64 bits per heavy atom. The van der Waals surface area contributed by atoms with Crippen LogP contribution in [0, 0.1) is 12.3 Å². The van der Waals surface area contributed by atoms with Crippen molar-refractivity contribution in [3.05, 3.63) is 77.0 Å². The fraction of sp³-hybridized carbons (Fsp3) is 0.346. The molecule has 33 heavy (non-hydrogen) atoms. The third kappa shape index (κ3) is 4.68. The maximum absolute atomic E-state index is 13.1. The molecule has 4 rings (SSSR count). The fourth-order valence-corrected chi connectivity index (χ4v) is 4.53. The molecule has 0 aliphatic carbocycles. The standard InChI is InChI=1S/C26H29N3O4/c1-18-6-4-5-7-22(18)23-14-21(33-28-23)15-26(25(31)27-2)12-13-29(17-26)24(30)20-10-8-19(9-11-20)16-32-3/h4-11,14H,12-13,15-17H2,1-3H3,(H,27,31)/t26-/m1/s1. The molecule has 2 amide bonds. The highest BCUT2D eigenvalue weighted by atomic mass is 16.5. The molecule has 0 bridgehead atoms. The summed E-state index contributed by atoms with van der Waals surface area (Å²) in [5.41, 5.74) is 3.70. The number of hydrogen-bond acceptors (Lipinski definition) is 5. The van der Waals surface area contributed by atoms with Crippen molar-refractivity contribution in [3.8, 4) is 11.3 Å². The highest BCUT2D eigenvalue weighted by molar-refractivity contribution is 5.95. The molecular formula is C26H29N3O4. The van der Waals surface area contributed by atoms with Gasteiger partial charge in [0.15, 0.2) is 0 Å². The average molecular weight is 448 g/mol. The van der Waals surface area contributed by atoms with Crippen molar-refractivity contribution in [1.82, 2.24) is 15.4 Å². The lowest BCUT2D eigenvalue weighted by Gasteiger charge is -2.26. The molecule has 7 nitrogen and oxygen atoms in total. The molecule has 1 aliphatic rings. The normalized spacial score (nSPS) is 17.8. The van der Waals surface area contributed by atoms with Crippen LogP contribution in [0.1, 0.15) is 33.7 Å². The molecule has 2 heterocycles. The van der Waals surface area contributed by atoms with E-state index >= 15 is 0 Å². The smallest absolute Gasteiger partial charge is 0.253 e. The van der Waals surface area contributed by atoms with E-state index in [4.69, 9.17) is 9.26 Å². The Hall–Kier alpha value is -3.45. The van der Waals surface area contributed by atoms with E-state index in [9.17, 15) is 9.59 Å². The molecule has 0 radical (unpaired) electrons. The van der Waals surface area contributed by atoms with E-state index in [1.807, 2.05) is 61.5 Å². The van der Waals surface area contributed by atoms with Crippen LogP contribution in [0.5, 0.6) is 0 Å².